The van der Waals surface area contributed by atoms with Crippen LogP contribution in [0, 0.1) is 5.82 Å². The minimum atomic E-state index is -0.976. The van der Waals surface area contributed by atoms with E-state index in [0.29, 0.717) is 5.52 Å². The van der Waals surface area contributed by atoms with E-state index >= 15 is 0 Å². The standard InChI is InChI=1S/C13H12FN7O2.Rb/c1-4-3-23-12-9(16)7(14)8(15)6-10(12)21(4)2-5(11(6)22)13-17-19-20-18-13;/h2,4H,3H2,1H3,(H5,15,16,17,18,19,20,22);/q;+1/p-1. The second-order valence-corrected chi connectivity index (χ2v) is 5.33. The summed E-state index contributed by atoms with van der Waals surface area (Å²) in [6, 6.07) is -0.138. The molecule has 0 aliphatic carbocycles. The van der Waals surface area contributed by atoms with E-state index < -0.39 is 16.9 Å². The Morgan fingerprint density at radius 1 is 1.54 bits per heavy atom. The van der Waals surface area contributed by atoms with E-state index in [0.717, 1.165) is 0 Å². The van der Waals surface area contributed by atoms with Crippen molar-refractivity contribution in [2.24, 2.45) is 0 Å². The van der Waals surface area contributed by atoms with Crippen LogP contribution < -0.4 is 74.1 Å². The molecule has 4 N–H and O–H groups in total. The van der Waals surface area contributed by atoms with Crippen molar-refractivity contribution in [1.29, 1.82) is 0 Å². The molecular weight excluding hydrogens is 391 g/mol. The fraction of sp³-hybridized carbons (Fsp3) is 0.231. The first-order valence-electron chi connectivity index (χ1n) is 6.78. The Morgan fingerprint density at radius 2 is 2.29 bits per heavy atom. The molecule has 2 aromatic heterocycles. The molecule has 4 rings (SSSR count). The van der Waals surface area contributed by atoms with Crippen LogP contribution in [0.25, 0.3) is 28.0 Å². The summed E-state index contributed by atoms with van der Waals surface area (Å²) in [5, 5.41) is 13.3. The van der Waals surface area contributed by atoms with E-state index in [-0.39, 0.29) is 99.0 Å². The maximum absolute atomic E-state index is 14.2. The summed E-state index contributed by atoms with van der Waals surface area (Å²) < 4.78 is 21.4. The number of nitrogens with one attached hydrogen (secondary N) is 2. The molecule has 24 heavy (non-hydrogen) atoms. The Kier molecular flexibility index (Phi) is 4.49. The van der Waals surface area contributed by atoms with Gasteiger partial charge in [0.05, 0.1) is 28.2 Å². The number of aromatic nitrogens is 5. The van der Waals surface area contributed by atoms with Crippen LogP contribution in [0.5, 0.6) is 5.75 Å². The number of nitrogen functional groups attached to an aromatic ring is 1. The van der Waals surface area contributed by atoms with Gasteiger partial charge in [-0.05, 0) is 12.1 Å². The molecule has 3 aromatic rings. The van der Waals surface area contributed by atoms with Gasteiger partial charge in [-0.2, -0.15) is 5.21 Å². The number of hydrogen-bond donors (Lipinski definition) is 2. The molecule has 1 aromatic carbocycles. The molecule has 0 saturated carbocycles. The van der Waals surface area contributed by atoms with E-state index in [9.17, 15) is 9.18 Å². The molecule has 0 saturated heterocycles. The second kappa shape index (κ2) is 6.17. The van der Waals surface area contributed by atoms with Crippen molar-refractivity contribution in [1.82, 2.24) is 25.2 Å². The molecule has 1 aliphatic rings. The van der Waals surface area contributed by atoms with Gasteiger partial charge in [0, 0.05) is 6.20 Å². The summed E-state index contributed by atoms with van der Waals surface area (Å²) in [7, 11) is 0. The minimum Gasteiger partial charge on any atom is -0.693 e. The zero-order valence-electron chi connectivity index (χ0n) is 12.9. The Balaban J connectivity index is 0.00000169. The molecule has 1 unspecified atom stereocenters. The number of nitrogens with two attached hydrogens (primary N) is 1. The molecule has 11 heteroatoms. The summed E-state index contributed by atoms with van der Waals surface area (Å²) in [5.74, 6) is -0.867. The van der Waals surface area contributed by atoms with Crippen LogP contribution in [-0.4, -0.2) is 31.8 Å². The number of rotatable bonds is 1. The van der Waals surface area contributed by atoms with Gasteiger partial charge in [-0.15, -0.1) is 10.2 Å². The minimum absolute atomic E-state index is 0. The van der Waals surface area contributed by atoms with Crippen LogP contribution in [0.2, 0.25) is 0 Å². The molecule has 1 aliphatic heterocycles. The van der Waals surface area contributed by atoms with Crippen molar-refractivity contribution in [3.63, 3.8) is 0 Å². The molecule has 0 fully saturated rings. The normalized spacial score (nSPS) is 15.8. The molecule has 1 atom stereocenters. The summed E-state index contributed by atoms with van der Waals surface area (Å²) in [5.41, 5.74) is 12.7. The number of hydrogen-bond acceptors (Lipinski definition) is 6. The van der Waals surface area contributed by atoms with E-state index in [1.54, 1.807) is 10.8 Å². The van der Waals surface area contributed by atoms with Crippen molar-refractivity contribution < 1.29 is 67.3 Å². The van der Waals surface area contributed by atoms with Crippen LogP contribution in [0.4, 0.5) is 15.8 Å². The quantitative estimate of drug-likeness (QED) is 0.478. The van der Waals surface area contributed by atoms with Gasteiger partial charge >= 0.3 is 58.2 Å². The largest absolute Gasteiger partial charge is 1.00 e. The molecule has 0 bridgehead atoms. The van der Waals surface area contributed by atoms with Gasteiger partial charge < -0.3 is 20.8 Å². The molecule has 0 spiro atoms. The second-order valence-electron chi connectivity index (χ2n) is 5.33. The number of H-pyrrole nitrogens is 1. The monoisotopic (exact) mass is 401 g/mol. The molecular formula is C13H11FN7O2Rb. The van der Waals surface area contributed by atoms with Crippen molar-refractivity contribution >= 4 is 22.3 Å². The first-order valence-corrected chi connectivity index (χ1v) is 6.78. The van der Waals surface area contributed by atoms with E-state index in [1.807, 2.05) is 6.92 Å². The average molecular weight is 402 g/mol. The van der Waals surface area contributed by atoms with Crippen molar-refractivity contribution in [3.05, 3.63) is 28.0 Å². The summed E-state index contributed by atoms with van der Waals surface area (Å²) in [4.78, 5) is 12.8. The van der Waals surface area contributed by atoms with Gasteiger partial charge in [-0.25, -0.2) is 4.39 Å². The number of anilines is 1. The van der Waals surface area contributed by atoms with Gasteiger partial charge in [0.2, 0.25) is 11.3 Å². The molecule has 0 radical (unpaired) electrons. The maximum Gasteiger partial charge on any atom is 1.00 e. The number of pyridine rings is 1. The third-order valence-electron chi connectivity index (χ3n) is 3.93. The number of aromatic amines is 1. The van der Waals surface area contributed by atoms with Crippen LogP contribution in [-0.2, 0) is 0 Å². The number of benzene rings is 1. The fourth-order valence-electron chi connectivity index (χ4n) is 2.78. The number of halogens is 1. The number of tetrazole rings is 1. The van der Waals surface area contributed by atoms with Crippen molar-refractivity contribution in [2.75, 3.05) is 12.3 Å². The predicted molar refractivity (Wildman–Crippen MR) is 79.9 cm³/mol. The smallest absolute Gasteiger partial charge is 0.693 e. The van der Waals surface area contributed by atoms with E-state index in [1.165, 1.54) is 0 Å². The van der Waals surface area contributed by atoms with Gasteiger partial charge in [0.25, 0.3) is 0 Å². The van der Waals surface area contributed by atoms with Crippen molar-refractivity contribution in [2.45, 2.75) is 13.0 Å². The van der Waals surface area contributed by atoms with Crippen LogP contribution in [0.1, 0.15) is 13.0 Å². The Morgan fingerprint density at radius 3 is 2.96 bits per heavy atom. The van der Waals surface area contributed by atoms with Crippen molar-refractivity contribution in [3.8, 4) is 17.1 Å². The van der Waals surface area contributed by atoms with Gasteiger partial charge in [0.15, 0.2) is 0 Å². The summed E-state index contributed by atoms with van der Waals surface area (Å²) in [6.07, 6.45) is 1.56. The summed E-state index contributed by atoms with van der Waals surface area (Å²) in [6.45, 7) is 2.11. The van der Waals surface area contributed by atoms with Crippen LogP contribution in [0.15, 0.2) is 11.0 Å². The average Bonchev–Trinajstić information content (AvgIpc) is 3.06. The maximum atomic E-state index is 14.2. The zero-order chi connectivity index (χ0) is 16.3. The fourth-order valence-corrected chi connectivity index (χ4v) is 2.78. The molecule has 3 heterocycles. The third-order valence-corrected chi connectivity index (χ3v) is 3.93. The van der Waals surface area contributed by atoms with Crippen LogP contribution >= 0.6 is 0 Å². The first kappa shape index (κ1) is 17.5. The Labute approximate surface area is 183 Å². The third kappa shape index (κ3) is 2.31. The molecule has 118 valence electrons. The Hall–Kier alpha value is -1.36. The molecule has 9 nitrogen and oxygen atoms in total. The first-order chi connectivity index (χ1) is 11.0. The summed E-state index contributed by atoms with van der Waals surface area (Å²) >= 11 is 0. The van der Waals surface area contributed by atoms with Gasteiger partial charge in [-0.1, -0.05) is 5.69 Å². The number of ether oxygens (including phenoxy) is 1. The topological polar surface area (TPSA) is 136 Å². The Bertz CT molecular complexity index is 1000. The number of nitrogens with zero attached hydrogens (tertiary/aromatic N) is 4. The zero-order valence-corrected chi connectivity index (χ0v) is 17.8. The molecule has 0 amide bonds. The van der Waals surface area contributed by atoms with E-state index in [2.05, 4.69) is 20.6 Å². The van der Waals surface area contributed by atoms with E-state index in [4.69, 9.17) is 16.2 Å². The van der Waals surface area contributed by atoms with Crippen LogP contribution in [0.3, 0.4) is 0 Å². The predicted octanol–water partition coefficient (Wildman–Crippen LogP) is -1.46. The SMILES string of the molecule is CC1COc2c([NH-])c(F)c(N)c3c(=O)c(-c4nn[nH]n4)cn1c23.[Rb+]. The van der Waals surface area contributed by atoms with Gasteiger partial charge in [-0.3, -0.25) is 4.79 Å². The van der Waals surface area contributed by atoms with Gasteiger partial charge in [0.1, 0.15) is 18.2 Å².